The van der Waals surface area contributed by atoms with Crippen LogP contribution >= 0.6 is 0 Å². The Hall–Kier alpha value is -3.18. The number of nitrogens with two attached hydrogens (primary N) is 1. The van der Waals surface area contributed by atoms with Gasteiger partial charge in [0.2, 0.25) is 11.8 Å². The first kappa shape index (κ1) is 19.6. The molecule has 1 amide bonds. The van der Waals surface area contributed by atoms with Gasteiger partial charge in [-0.1, -0.05) is 42.5 Å². The van der Waals surface area contributed by atoms with E-state index >= 15 is 0 Å². The first-order valence-electron chi connectivity index (χ1n) is 9.40. The molecule has 28 heavy (non-hydrogen) atoms. The number of rotatable bonds is 9. The third-order valence-electron chi connectivity index (χ3n) is 4.46. The average Bonchev–Trinajstić information content (AvgIpc) is 2.71. The van der Waals surface area contributed by atoms with Crippen LogP contribution in [0.2, 0.25) is 0 Å². The molecule has 1 heterocycles. The molecule has 144 valence electrons. The maximum atomic E-state index is 11.1. The van der Waals surface area contributed by atoms with E-state index in [1.807, 2.05) is 18.2 Å². The van der Waals surface area contributed by atoms with Crippen LogP contribution in [0.4, 0.5) is 0 Å². The first-order valence-corrected chi connectivity index (χ1v) is 9.40. The van der Waals surface area contributed by atoms with E-state index in [1.165, 1.54) is 17.3 Å². The number of amides is 1. The van der Waals surface area contributed by atoms with Crippen LogP contribution in [0, 0.1) is 0 Å². The third-order valence-corrected chi connectivity index (χ3v) is 4.46. The standard InChI is InChI=1S/C23H25N3O2/c1-17(25-14-13-18-5-3-2-4-6-18)15-19-7-10-21(11-8-19)28-22-12-9-20(16-26-22)23(24)27/h2-12,16-17,25H,13-15H2,1H3,(H2,24,27). The Morgan fingerprint density at radius 1 is 1.04 bits per heavy atom. The summed E-state index contributed by atoms with van der Waals surface area (Å²) in [6, 6.07) is 22.1. The van der Waals surface area contributed by atoms with E-state index in [4.69, 9.17) is 10.5 Å². The summed E-state index contributed by atoms with van der Waals surface area (Å²) in [6.45, 7) is 3.15. The van der Waals surface area contributed by atoms with Crippen LogP contribution in [0.15, 0.2) is 72.9 Å². The van der Waals surface area contributed by atoms with E-state index < -0.39 is 5.91 Å². The van der Waals surface area contributed by atoms with Crippen molar-refractivity contribution < 1.29 is 9.53 Å². The molecule has 0 saturated heterocycles. The van der Waals surface area contributed by atoms with E-state index in [2.05, 4.69) is 53.6 Å². The highest BCUT2D eigenvalue weighted by Crippen LogP contribution is 2.20. The van der Waals surface area contributed by atoms with E-state index in [1.54, 1.807) is 12.1 Å². The van der Waals surface area contributed by atoms with Crippen LogP contribution in [-0.2, 0) is 12.8 Å². The zero-order valence-corrected chi connectivity index (χ0v) is 16.0. The zero-order valence-electron chi connectivity index (χ0n) is 16.0. The van der Waals surface area contributed by atoms with Crippen molar-refractivity contribution in [3.63, 3.8) is 0 Å². The lowest BCUT2D eigenvalue weighted by Gasteiger charge is -2.14. The van der Waals surface area contributed by atoms with Gasteiger partial charge < -0.3 is 15.8 Å². The summed E-state index contributed by atoms with van der Waals surface area (Å²) in [5, 5.41) is 3.57. The van der Waals surface area contributed by atoms with Crippen molar-refractivity contribution in [2.24, 2.45) is 5.73 Å². The number of benzene rings is 2. The molecule has 0 aliphatic heterocycles. The van der Waals surface area contributed by atoms with Crippen LogP contribution in [-0.4, -0.2) is 23.5 Å². The maximum absolute atomic E-state index is 11.1. The molecule has 0 fully saturated rings. The van der Waals surface area contributed by atoms with Gasteiger partial charge in [-0.3, -0.25) is 4.79 Å². The van der Waals surface area contributed by atoms with Gasteiger partial charge in [-0.2, -0.15) is 0 Å². The molecule has 2 aromatic carbocycles. The highest BCUT2D eigenvalue weighted by Gasteiger charge is 2.05. The first-order chi connectivity index (χ1) is 13.6. The molecule has 0 saturated carbocycles. The van der Waals surface area contributed by atoms with Crippen molar-refractivity contribution in [3.05, 3.63) is 89.6 Å². The molecule has 3 aromatic rings. The smallest absolute Gasteiger partial charge is 0.250 e. The van der Waals surface area contributed by atoms with Gasteiger partial charge >= 0.3 is 0 Å². The summed E-state index contributed by atoms with van der Waals surface area (Å²) in [7, 11) is 0. The summed E-state index contributed by atoms with van der Waals surface area (Å²) in [4.78, 5) is 15.2. The monoisotopic (exact) mass is 375 g/mol. The van der Waals surface area contributed by atoms with Gasteiger partial charge in [-0.15, -0.1) is 0 Å². The van der Waals surface area contributed by atoms with Crippen LogP contribution in [0.3, 0.4) is 0 Å². The number of carbonyl (C=O) groups excluding carboxylic acids is 1. The lowest BCUT2D eigenvalue weighted by molar-refractivity contribution is 0.1000. The van der Waals surface area contributed by atoms with Gasteiger partial charge in [0.05, 0.1) is 5.56 Å². The highest BCUT2D eigenvalue weighted by atomic mass is 16.5. The lowest BCUT2D eigenvalue weighted by atomic mass is 10.1. The van der Waals surface area contributed by atoms with Crippen molar-refractivity contribution in [2.75, 3.05) is 6.54 Å². The number of nitrogens with zero attached hydrogens (tertiary/aromatic N) is 1. The molecule has 3 rings (SSSR count). The molecule has 0 aliphatic rings. The zero-order chi connectivity index (χ0) is 19.8. The van der Waals surface area contributed by atoms with E-state index in [0.29, 0.717) is 23.2 Å². The number of pyridine rings is 1. The topological polar surface area (TPSA) is 77.2 Å². The second-order valence-corrected chi connectivity index (χ2v) is 6.79. The fourth-order valence-corrected chi connectivity index (χ4v) is 2.93. The number of aromatic nitrogens is 1. The Morgan fingerprint density at radius 2 is 1.79 bits per heavy atom. The van der Waals surface area contributed by atoms with Crippen molar-refractivity contribution >= 4 is 5.91 Å². The average molecular weight is 375 g/mol. The third kappa shape index (κ3) is 5.93. The summed E-state index contributed by atoms with van der Waals surface area (Å²) in [6.07, 6.45) is 3.38. The van der Waals surface area contributed by atoms with Gasteiger partial charge in [0.25, 0.3) is 0 Å². The second kappa shape index (κ2) is 9.67. The fraction of sp³-hybridized carbons (Fsp3) is 0.217. The molecule has 5 nitrogen and oxygen atoms in total. The Kier molecular flexibility index (Phi) is 6.76. The molecule has 1 unspecified atom stereocenters. The lowest BCUT2D eigenvalue weighted by Crippen LogP contribution is -2.29. The summed E-state index contributed by atoms with van der Waals surface area (Å²) < 4.78 is 5.71. The van der Waals surface area contributed by atoms with Gasteiger partial charge in [-0.05, 0) is 55.6 Å². The fourth-order valence-electron chi connectivity index (χ4n) is 2.93. The number of nitrogens with one attached hydrogen (secondary N) is 1. The minimum absolute atomic E-state index is 0.358. The van der Waals surface area contributed by atoms with Crippen molar-refractivity contribution in [1.29, 1.82) is 0 Å². The minimum atomic E-state index is -0.505. The van der Waals surface area contributed by atoms with Crippen molar-refractivity contribution in [3.8, 4) is 11.6 Å². The normalized spacial score (nSPS) is 11.8. The van der Waals surface area contributed by atoms with Crippen LogP contribution in [0.25, 0.3) is 0 Å². The van der Waals surface area contributed by atoms with Gasteiger partial charge in [0.1, 0.15) is 5.75 Å². The Labute approximate surface area is 165 Å². The molecule has 0 aliphatic carbocycles. The van der Waals surface area contributed by atoms with Crippen molar-refractivity contribution in [2.45, 2.75) is 25.8 Å². The van der Waals surface area contributed by atoms with E-state index in [0.717, 1.165) is 19.4 Å². The predicted molar refractivity (Wildman–Crippen MR) is 111 cm³/mol. The maximum Gasteiger partial charge on any atom is 0.250 e. The quantitative estimate of drug-likeness (QED) is 0.597. The molecular formula is C23H25N3O2. The number of primary amides is 1. The highest BCUT2D eigenvalue weighted by molar-refractivity contribution is 5.92. The number of hydrogen-bond acceptors (Lipinski definition) is 4. The largest absolute Gasteiger partial charge is 0.439 e. The minimum Gasteiger partial charge on any atom is -0.439 e. The number of ether oxygens (including phenoxy) is 1. The van der Waals surface area contributed by atoms with Gasteiger partial charge in [0.15, 0.2) is 0 Å². The second-order valence-electron chi connectivity index (χ2n) is 6.79. The molecule has 5 heteroatoms. The van der Waals surface area contributed by atoms with E-state index in [9.17, 15) is 4.79 Å². The molecule has 3 N–H and O–H groups in total. The molecule has 0 bridgehead atoms. The number of hydrogen-bond donors (Lipinski definition) is 2. The molecule has 1 aromatic heterocycles. The number of carbonyl (C=O) groups is 1. The van der Waals surface area contributed by atoms with Gasteiger partial charge in [0, 0.05) is 18.3 Å². The summed E-state index contributed by atoms with van der Waals surface area (Å²) in [5.74, 6) is 0.622. The molecular weight excluding hydrogens is 350 g/mol. The van der Waals surface area contributed by atoms with E-state index in [-0.39, 0.29) is 0 Å². The van der Waals surface area contributed by atoms with Crippen LogP contribution in [0.5, 0.6) is 11.6 Å². The van der Waals surface area contributed by atoms with Gasteiger partial charge in [-0.25, -0.2) is 4.98 Å². The Balaban J connectivity index is 1.46. The molecule has 0 radical (unpaired) electrons. The summed E-state index contributed by atoms with van der Waals surface area (Å²) >= 11 is 0. The van der Waals surface area contributed by atoms with Crippen LogP contribution in [0.1, 0.15) is 28.4 Å². The SMILES string of the molecule is CC(Cc1ccc(Oc2ccc(C(N)=O)cn2)cc1)NCCc1ccccc1. The van der Waals surface area contributed by atoms with Crippen molar-refractivity contribution in [1.82, 2.24) is 10.3 Å². The predicted octanol–water partition coefficient (Wildman–Crippen LogP) is 3.74. The van der Waals surface area contributed by atoms with Crippen LogP contribution < -0.4 is 15.8 Å². The molecule has 0 spiro atoms. The summed E-state index contributed by atoms with van der Waals surface area (Å²) in [5.41, 5.74) is 8.15. The Bertz CT molecular complexity index is 878. The molecule has 1 atom stereocenters. The Morgan fingerprint density at radius 3 is 2.43 bits per heavy atom.